The van der Waals surface area contributed by atoms with Crippen LogP contribution in [0.4, 0.5) is 5.69 Å². The lowest BCUT2D eigenvalue weighted by Crippen LogP contribution is -2.41. The molecule has 0 radical (unpaired) electrons. The van der Waals surface area contributed by atoms with Gasteiger partial charge in [0.1, 0.15) is 0 Å². The molecule has 1 unspecified atom stereocenters. The summed E-state index contributed by atoms with van der Waals surface area (Å²) in [5, 5.41) is 9.70. The number of benzene rings is 1. The molecule has 1 fully saturated rings. The third-order valence-corrected chi connectivity index (χ3v) is 3.31. The first-order chi connectivity index (χ1) is 7.83. The zero-order valence-corrected chi connectivity index (χ0v) is 10.5. The van der Waals surface area contributed by atoms with Crippen LogP contribution in [0.15, 0.2) is 24.3 Å². The SMILES string of the molecule is N#CC1CN(c2ccc(CBr)cc2)CCO1. The lowest BCUT2D eigenvalue weighted by atomic mass is 10.2. The zero-order chi connectivity index (χ0) is 11.4. The standard InChI is InChI=1S/C12H13BrN2O/c13-7-10-1-3-11(4-2-10)15-5-6-16-12(8-14)9-15/h1-4,12H,5-7,9H2. The average molecular weight is 281 g/mol. The highest BCUT2D eigenvalue weighted by Gasteiger charge is 2.19. The number of anilines is 1. The topological polar surface area (TPSA) is 36.3 Å². The van der Waals surface area contributed by atoms with E-state index in [-0.39, 0.29) is 6.10 Å². The van der Waals surface area contributed by atoms with Gasteiger partial charge in [-0.1, -0.05) is 28.1 Å². The number of nitrogens with zero attached hydrogens (tertiary/aromatic N) is 2. The predicted molar refractivity (Wildman–Crippen MR) is 66.6 cm³/mol. The molecular weight excluding hydrogens is 268 g/mol. The minimum atomic E-state index is -0.301. The van der Waals surface area contributed by atoms with E-state index in [2.05, 4.69) is 51.2 Å². The summed E-state index contributed by atoms with van der Waals surface area (Å²) in [6.45, 7) is 2.13. The largest absolute Gasteiger partial charge is 0.366 e. The van der Waals surface area contributed by atoms with E-state index < -0.39 is 0 Å². The van der Waals surface area contributed by atoms with Crippen molar-refractivity contribution in [2.24, 2.45) is 0 Å². The molecule has 0 amide bonds. The molecule has 1 saturated heterocycles. The Balaban J connectivity index is 2.08. The maximum absolute atomic E-state index is 8.83. The minimum absolute atomic E-state index is 0.301. The summed E-state index contributed by atoms with van der Waals surface area (Å²) < 4.78 is 5.31. The van der Waals surface area contributed by atoms with Gasteiger partial charge in [0.05, 0.1) is 19.2 Å². The second-order valence-corrected chi connectivity index (χ2v) is 4.30. The van der Waals surface area contributed by atoms with Gasteiger partial charge < -0.3 is 9.64 Å². The molecule has 2 rings (SSSR count). The molecule has 1 atom stereocenters. The van der Waals surface area contributed by atoms with E-state index in [1.807, 2.05) is 0 Å². The Morgan fingerprint density at radius 2 is 2.19 bits per heavy atom. The third kappa shape index (κ3) is 2.55. The van der Waals surface area contributed by atoms with Crippen molar-refractivity contribution in [1.82, 2.24) is 0 Å². The number of hydrogen-bond acceptors (Lipinski definition) is 3. The van der Waals surface area contributed by atoms with Crippen molar-refractivity contribution in [3.63, 3.8) is 0 Å². The van der Waals surface area contributed by atoms with Crippen molar-refractivity contribution >= 4 is 21.6 Å². The average Bonchev–Trinajstić information content (AvgIpc) is 2.39. The maximum Gasteiger partial charge on any atom is 0.161 e. The van der Waals surface area contributed by atoms with E-state index in [1.54, 1.807) is 0 Å². The van der Waals surface area contributed by atoms with E-state index >= 15 is 0 Å². The monoisotopic (exact) mass is 280 g/mol. The number of morpholine rings is 1. The quantitative estimate of drug-likeness (QED) is 0.780. The second kappa shape index (κ2) is 5.33. The molecule has 1 heterocycles. The lowest BCUT2D eigenvalue weighted by molar-refractivity contribution is 0.0764. The van der Waals surface area contributed by atoms with Gasteiger partial charge in [0.15, 0.2) is 6.10 Å². The van der Waals surface area contributed by atoms with Crippen LogP contribution < -0.4 is 4.90 Å². The molecular formula is C12H13BrN2O. The van der Waals surface area contributed by atoms with Crippen LogP contribution in [0.3, 0.4) is 0 Å². The molecule has 0 bridgehead atoms. The Labute approximate surface area is 104 Å². The summed E-state index contributed by atoms with van der Waals surface area (Å²) in [6.07, 6.45) is -0.301. The molecule has 4 heteroatoms. The highest BCUT2D eigenvalue weighted by Crippen LogP contribution is 2.19. The molecule has 0 aromatic heterocycles. The normalized spacial score (nSPS) is 20.5. The van der Waals surface area contributed by atoms with Gasteiger partial charge >= 0.3 is 0 Å². The molecule has 0 aliphatic carbocycles. The second-order valence-electron chi connectivity index (χ2n) is 3.73. The summed E-state index contributed by atoms with van der Waals surface area (Å²) in [5.74, 6) is 0. The third-order valence-electron chi connectivity index (χ3n) is 2.67. The number of rotatable bonds is 2. The van der Waals surface area contributed by atoms with Crippen molar-refractivity contribution in [3.05, 3.63) is 29.8 Å². The van der Waals surface area contributed by atoms with Crippen molar-refractivity contribution in [1.29, 1.82) is 5.26 Å². The molecule has 1 aliphatic rings. The maximum atomic E-state index is 8.83. The van der Waals surface area contributed by atoms with Gasteiger partial charge in [-0.2, -0.15) is 5.26 Å². The molecule has 1 aromatic carbocycles. The zero-order valence-electron chi connectivity index (χ0n) is 8.90. The first-order valence-electron chi connectivity index (χ1n) is 5.24. The fraction of sp³-hybridized carbons (Fsp3) is 0.417. The van der Waals surface area contributed by atoms with Crippen molar-refractivity contribution in [2.75, 3.05) is 24.6 Å². The molecule has 0 spiro atoms. The molecule has 3 nitrogen and oxygen atoms in total. The van der Waals surface area contributed by atoms with Crippen molar-refractivity contribution in [2.45, 2.75) is 11.4 Å². The van der Waals surface area contributed by atoms with Crippen LogP contribution in [-0.2, 0) is 10.1 Å². The number of hydrogen-bond donors (Lipinski definition) is 0. The smallest absolute Gasteiger partial charge is 0.161 e. The van der Waals surface area contributed by atoms with Gasteiger partial charge in [0.2, 0.25) is 0 Å². The van der Waals surface area contributed by atoms with E-state index in [4.69, 9.17) is 10.00 Å². The Kier molecular flexibility index (Phi) is 3.81. The van der Waals surface area contributed by atoms with Gasteiger partial charge in [-0.3, -0.25) is 0 Å². The first kappa shape index (κ1) is 11.4. The summed E-state index contributed by atoms with van der Waals surface area (Å²) in [7, 11) is 0. The molecule has 1 aliphatic heterocycles. The van der Waals surface area contributed by atoms with E-state index in [0.29, 0.717) is 13.2 Å². The Bertz CT molecular complexity index is 385. The predicted octanol–water partition coefficient (Wildman–Crippen LogP) is 2.31. The van der Waals surface area contributed by atoms with E-state index in [1.165, 1.54) is 5.56 Å². The molecule has 84 valence electrons. The van der Waals surface area contributed by atoms with Crippen LogP contribution in [0.5, 0.6) is 0 Å². The van der Waals surface area contributed by atoms with Gasteiger partial charge in [-0.15, -0.1) is 0 Å². The highest BCUT2D eigenvalue weighted by molar-refractivity contribution is 9.08. The first-order valence-corrected chi connectivity index (χ1v) is 6.36. The van der Waals surface area contributed by atoms with Gasteiger partial charge in [0, 0.05) is 17.6 Å². The Morgan fingerprint density at radius 3 is 2.81 bits per heavy atom. The number of ether oxygens (including phenoxy) is 1. The van der Waals surface area contributed by atoms with Gasteiger partial charge in [0.25, 0.3) is 0 Å². The summed E-state index contributed by atoms with van der Waals surface area (Å²) in [6, 6.07) is 10.5. The summed E-state index contributed by atoms with van der Waals surface area (Å²) in [4.78, 5) is 2.19. The fourth-order valence-electron chi connectivity index (χ4n) is 1.76. The van der Waals surface area contributed by atoms with Crippen LogP contribution in [0.2, 0.25) is 0 Å². The van der Waals surface area contributed by atoms with E-state index in [9.17, 15) is 0 Å². The summed E-state index contributed by atoms with van der Waals surface area (Å²) in [5.41, 5.74) is 2.42. The molecule has 16 heavy (non-hydrogen) atoms. The lowest BCUT2D eigenvalue weighted by Gasteiger charge is -2.31. The minimum Gasteiger partial charge on any atom is -0.366 e. The van der Waals surface area contributed by atoms with Gasteiger partial charge in [-0.05, 0) is 17.7 Å². The van der Waals surface area contributed by atoms with Crippen molar-refractivity contribution in [3.8, 4) is 6.07 Å². The van der Waals surface area contributed by atoms with Crippen LogP contribution in [0.25, 0.3) is 0 Å². The van der Waals surface area contributed by atoms with Crippen molar-refractivity contribution < 1.29 is 4.74 Å². The number of alkyl halides is 1. The Morgan fingerprint density at radius 1 is 1.44 bits per heavy atom. The van der Waals surface area contributed by atoms with Crippen LogP contribution in [-0.4, -0.2) is 25.8 Å². The molecule has 0 saturated carbocycles. The molecule has 0 N–H and O–H groups in total. The number of halogens is 1. The van der Waals surface area contributed by atoms with Crippen LogP contribution in [0.1, 0.15) is 5.56 Å². The molecule has 1 aromatic rings. The summed E-state index contributed by atoms with van der Waals surface area (Å²) >= 11 is 3.42. The Hall–Kier alpha value is -1.05. The highest BCUT2D eigenvalue weighted by atomic mass is 79.9. The fourth-order valence-corrected chi connectivity index (χ4v) is 2.13. The van der Waals surface area contributed by atoms with Crippen LogP contribution >= 0.6 is 15.9 Å². The number of nitriles is 1. The van der Waals surface area contributed by atoms with E-state index in [0.717, 1.165) is 17.6 Å². The van der Waals surface area contributed by atoms with Gasteiger partial charge in [-0.25, -0.2) is 0 Å². The van der Waals surface area contributed by atoms with Crippen LogP contribution in [0, 0.1) is 11.3 Å².